The third kappa shape index (κ3) is 5.20. The molecule has 4 heterocycles. The van der Waals surface area contributed by atoms with Crippen LogP contribution in [0.25, 0.3) is 28.0 Å². The monoisotopic (exact) mass is 559 g/mol. The van der Waals surface area contributed by atoms with Gasteiger partial charge in [-0.3, -0.25) is 4.40 Å². The molecule has 0 aliphatic carbocycles. The summed E-state index contributed by atoms with van der Waals surface area (Å²) in [4.78, 5) is 11.5. The van der Waals surface area contributed by atoms with Crippen LogP contribution in [0.15, 0.2) is 79.3 Å². The molecule has 2 unspecified atom stereocenters. The fourth-order valence-electron chi connectivity index (χ4n) is 5.39. The quantitative estimate of drug-likeness (QED) is 0.253. The Balaban J connectivity index is 1.53. The molecule has 0 bridgehead atoms. The highest BCUT2D eigenvalue weighted by molar-refractivity contribution is 5.91. The lowest BCUT2D eigenvalue weighted by molar-refractivity contribution is -0.137. The van der Waals surface area contributed by atoms with Crippen LogP contribution in [0.1, 0.15) is 36.9 Å². The molecular formula is C30H28F3N7O. The Morgan fingerprint density at radius 1 is 1.05 bits per heavy atom. The van der Waals surface area contributed by atoms with Crippen molar-refractivity contribution in [2.75, 3.05) is 23.4 Å². The van der Waals surface area contributed by atoms with Gasteiger partial charge in [-0.05, 0) is 55.2 Å². The lowest BCUT2D eigenvalue weighted by Crippen LogP contribution is -2.34. The van der Waals surface area contributed by atoms with E-state index in [0.717, 1.165) is 30.5 Å². The first-order chi connectivity index (χ1) is 19.8. The highest BCUT2D eigenvalue weighted by Gasteiger charge is 2.32. The van der Waals surface area contributed by atoms with Crippen LogP contribution in [0.2, 0.25) is 0 Å². The Morgan fingerprint density at radius 2 is 1.88 bits per heavy atom. The number of pyridine rings is 1. The Labute approximate surface area is 234 Å². The number of aliphatic hydroxyl groups excluding tert-OH is 1. The summed E-state index contributed by atoms with van der Waals surface area (Å²) in [7, 11) is 0. The van der Waals surface area contributed by atoms with Crippen molar-refractivity contribution in [3.8, 4) is 22.4 Å². The van der Waals surface area contributed by atoms with Gasteiger partial charge in [0.15, 0.2) is 5.65 Å². The molecule has 1 aliphatic heterocycles. The summed E-state index contributed by atoms with van der Waals surface area (Å²) in [5.74, 6) is 1.11. The predicted molar refractivity (Wildman–Crippen MR) is 150 cm³/mol. The summed E-state index contributed by atoms with van der Waals surface area (Å²) in [6, 6.07) is 18.5. The number of benzene rings is 2. The molecular weight excluding hydrogens is 531 g/mol. The number of hydrogen-bond acceptors (Lipinski definition) is 7. The maximum atomic E-state index is 13.7. The molecule has 41 heavy (non-hydrogen) atoms. The molecule has 6 rings (SSSR count). The average molecular weight is 560 g/mol. The first-order valence-electron chi connectivity index (χ1n) is 13.4. The number of halogens is 3. The largest absolute Gasteiger partial charge is 0.416 e. The molecule has 0 spiro atoms. The molecule has 1 fully saturated rings. The SMILES string of the molecule is CC(Nc1cc(-c2nc(N3CCCC3CO)n3cnnc3c2-c2cccc(C(F)(F)F)c2)ccn1)c1ccccc1. The third-order valence-corrected chi connectivity index (χ3v) is 7.46. The van der Waals surface area contributed by atoms with Crippen LogP contribution >= 0.6 is 0 Å². The summed E-state index contributed by atoms with van der Waals surface area (Å²) in [6.07, 6.45) is 0.313. The molecule has 0 radical (unpaired) electrons. The van der Waals surface area contributed by atoms with E-state index in [-0.39, 0.29) is 18.7 Å². The second-order valence-electron chi connectivity index (χ2n) is 10.1. The number of nitrogens with zero attached hydrogens (tertiary/aromatic N) is 6. The molecule has 2 atom stereocenters. The normalized spacial score (nSPS) is 16.3. The number of nitrogens with one attached hydrogen (secondary N) is 1. The molecule has 5 aromatic rings. The predicted octanol–water partition coefficient (Wildman–Crippen LogP) is 6.01. The second-order valence-corrected chi connectivity index (χ2v) is 10.1. The molecule has 0 amide bonds. The standard InChI is InChI=1S/C30H28F3N7O/c1-19(20-7-3-2-4-8-20)36-25-16-22(12-13-34-25)27-26(21-9-5-10-23(15-21)30(31,32)33)28-38-35-18-40(28)29(37-27)39-14-6-11-24(39)17-41/h2-5,7-10,12-13,15-16,18-19,24,41H,6,11,14,17H2,1H3,(H,34,36). The summed E-state index contributed by atoms with van der Waals surface area (Å²) in [5, 5.41) is 21.9. The Bertz CT molecular complexity index is 1670. The number of aliphatic hydroxyl groups is 1. The van der Waals surface area contributed by atoms with E-state index in [1.807, 2.05) is 48.2 Å². The average Bonchev–Trinajstić information content (AvgIpc) is 3.67. The lowest BCUT2D eigenvalue weighted by Gasteiger charge is -2.26. The Morgan fingerprint density at radius 3 is 2.66 bits per heavy atom. The minimum Gasteiger partial charge on any atom is -0.394 e. The van der Waals surface area contributed by atoms with Gasteiger partial charge in [-0.15, -0.1) is 10.2 Å². The van der Waals surface area contributed by atoms with Gasteiger partial charge in [0, 0.05) is 24.3 Å². The first-order valence-corrected chi connectivity index (χ1v) is 13.4. The van der Waals surface area contributed by atoms with Crippen molar-refractivity contribution < 1.29 is 18.3 Å². The van der Waals surface area contributed by atoms with E-state index in [2.05, 4.69) is 20.5 Å². The zero-order chi connectivity index (χ0) is 28.6. The van der Waals surface area contributed by atoms with Gasteiger partial charge < -0.3 is 15.3 Å². The van der Waals surface area contributed by atoms with Gasteiger partial charge in [0.1, 0.15) is 12.1 Å². The maximum absolute atomic E-state index is 13.7. The van der Waals surface area contributed by atoms with E-state index in [9.17, 15) is 18.3 Å². The first kappa shape index (κ1) is 26.7. The highest BCUT2D eigenvalue weighted by atomic mass is 19.4. The Kier molecular flexibility index (Phi) is 7.04. The molecule has 8 nitrogen and oxygen atoms in total. The summed E-state index contributed by atoms with van der Waals surface area (Å²) < 4.78 is 42.9. The maximum Gasteiger partial charge on any atom is 0.416 e. The van der Waals surface area contributed by atoms with Crippen molar-refractivity contribution in [2.24, 2.45) is 0 Å². The number of rotatable bonds is 7. The van der Waals surface area contributed by atoms with Crippen molar-refractivity contribution >= 4 is 17.4 Å². The van der Waals surface area contributed by atoms with Crippen LogP contribution < -0.4 is 10.2 Å². The third-order valence-electron chi connectivity index (χ3n) is 7.46. The van der Waals surface area contributed by atoms with Gasteiger partial charge in [-0.2, -0.15) is 13.2 Å². The smallest absolute Gasteiger partial charge is 0.394 e. The number of anilines is 2. The van der Waals surface area contributed by atoms with E-state index in [4.69, 9.17) is 4.98 Å². The van der Waals surface area contributed by atoms with E-state index in [1.165, 1.54) is 12.4 Å². The van der Waals surface area contributed by atoms with Gasteiger partial charge >= 0.3 is 6.18 Å². The van der Waals surface area contributed by atoms with E-state index in [0.29, 0.717) is 46.3 Å². The van der Waals surface area contributed by atoms with Crippen LogP contribution in [-0.4, -0.2) is 48.9 Å². The summed E-state index contributed by atoms with van der Waals surface area (Å²) in [5.41, 5.74) is 2.52. The molecule has 1 aliphatic rings. The molecule has 11 heteroatoms. The topological polar surface area (TPSA) is 91.5 Å². The molecule has 210 valence electrons. The number of hydrogen-bond donors (Lipinski definition) is 2. The zero-order valence-electron chi connectivity index (χ0n) is 22.3. The van der Waals surface area contributed by atoms with E-state index in [1.54, 1.807) is 22.7 Å². The minimum absolute atomic E-state index is 0.0423. The Hall–Kier alpha value is -4.51. The van der Waals surface area contributed by atoms with Crippen LogP contribution in [0.4, 0.5) is 24.9 Å². The second kappa shape index (κ2) is 10.8. The number of fused-ring (bicyclic) bond motifs is 1. The number of aromatic nitrogens is 5. The van der Waals surface area contributed by atoms with Crippen molar-refractivity contribution in [3.63, 3.8) is 0 Å². The van der Waals surface area contributed by atoms with Gasteiger partial charge in [0.2, 0.25) is 5.95 Å². The van der Waals surface area contributed by atoms with Crippen molar-refractivity contribution in [3.05, 3.63) is 90.4 Å². The zero-order valence-corrected chi connectivity index (χ0v) is 22.3. The molecule has 0 saturated carbocycles. The van der Waals surface area contributed by atoms with Gasteiger partial charge in [-0.1, -0.05) is 42.5 Å². The van der Waals surface area contributed by atoms with E-state index < -0.39 is 11.7 Å². The van der Waals surface area contributed by atoms with Gasteiger partial charge in [0.25, 0.3) is 0 Å². The molecule has 3 aromatic heterocycles. The highest BCUT2D eigenvalue weighted by Crippen LogP contribution is 2.40. The van der Waals surface area contributed by atoms with Crippen molar-refractivity contribution in [1.82, 2.24) is 24.6 Å². The van der Waals surface area contributed by atoms with Gasteiger partial charge in [-0.25, -0.2) is 9.97 Å². The van der Waals surface area contributed by atoms with Gasteiger partial charge in [0.05, 0.1) is 29.5 Å². The van der Waals surface area contributed by atoms with Crippen LogP contribution in [0.5, 0.6) is 0 Å². The summed E-state index contributed by atoms with van der Waals surface area (Å²) >= 11 is 0. The molecule has 1 saturated heterocycles. The molecule has 2 N–H and O–H groups in total. The lowest BCUT2D eigenvalue weighted by atomic mass is 9.98. The van der Waals surface area contributed by atoms with Crippen LogP contribution in [0, 0.1) is 0 Å². The summed E-state index contributed by atoms with van der Waals surface area (Å²) in [6.45, 7) is 2.65. The van der Waals surface area contributed by atoms with Crippen molar-refractivity contribution in [2.45, 2.75) is 38.0 Å². The van der Waals surface area contributed by atoms with E-state index >= 15 is 0 Å². The van der Waals surface area contributed by atoms with Crippen LogP contribution in [0.3, 0.4) is 0 Å². The minimum atomic E-state index is -4.52. The van der Waals surface area contributed by atoms with Crippen LogP contribution in [-0.2, 0) is 6.18 Å². The fraction of sp³-hybridized carbons (Fsp3) is 0.267. The fourth-order valence-corrected chi connectivity index (χ4v) is 5.39. The molecule has 2 aromatic carbocycles. The number of alkyl halides is 3. The van der Waals surface area contributed by atoms with Crippen molar-refractivity contribution in [1.29, 1.82) is 0 Å².